The van der Waals surface area contributed by atoms with Gasteiger partial charge in [0.05, 0.1) is 46.7 Å². The van der Waals surface area contributed by atoms with Crippen molar-refractivity contribution in [3.05, 3.63) is 17.7 Å². The van der Waals surface area contributed by atoms with Crippen LogP contribution in [-0.4, -0.2) is 56.9 Å². The van der Waals surface area contributed by atoms with Crippen LogP contribution in [0.4, 0.5) is 0 Å². The normalized spacial score (nSPS) is 15.8. The van der Waals surface area contributed by atoms with Crippen molar-refractivity contribution in [2.24, 2.45) is 5.10 Å². The molecule has 1 aliphatic rings. The van der Waals surface area contributed by atoms with E-state index in [4.69, 9.17) is 14.2 Å². The van der Waals surface area contributed by atoms with Gasteiger partial charge in [-0.05, 0) is 12.1 Å². The zero-order chi connectivity index (χ0) is 13.7. The van der Waals surface area contributed by atoms with E-state index in [1.54, 1.807) is 18.3 Å². The van der Waals surface area contributed by atoms with E-state index in [1.807, 2.05) is 5.01 Å². The molecule has 2 rings (SSSR count). The van der Waals surface area contributed by atoms with Gasteiger partial charge < -0.3 is 19.3 Å². The highest BCUT2D eigenvalue weighted by Crippen LogP contribution is 2.36. The Labute approximate surface area is 112 Å². The fourth-order valence-electron chi connectivity index (χ4n) is 1.81. The lowest BCUT2D eigenvalue weighted by atomic mass is 10.2. The van der Waals surface area contributed by atoms with Crippen LogP contribution < -0.4 is 9.47 Å². The van der Waals surface area contributed by atoms with E-state index in [2.05, 4.69) is 5.10 Å². The van der Waals surface area contributed by atoms with Crippen molar-refractivity contribution >= 4 is 6.21 Å². The molecule has 19 heavy (non-hydrogen) atoms. The summed E-state index contributed by atoms with van der Waals surface area (Å²) in [6.45, 7) is 2.95. The summed E-state index contributed by atoms with van der Waals surface area (Å²) in [7, 11) is 2.99. The minimum atomic E-state index is -0.00600. The first-order valence-corrected chi connectivity index (χ1v) is 6.06. The number of aromatic hydroxyl groups is 1. The minimum Gasteiger partial charge on any atom is -0.502 e. The van der Waals surface area contributed by atoms with Gasteiger partial charge in [-0.25, -0.2) is 0 Å². The molecule has 0 atom stereocenters. The fraction of sp³-hybridized carbons (Fsp3) is 0.462. The van der Waals surface area contributed by atoms with Crippen molar-refractivity contribution in [1.82, 2.24) is 5.01 Å². The quantitative estimate of drug-likeness (QED) is 0.826. The minimum absolute atomic E-state index is 0.00600. The molecule has 0 spiro atoms. The van der Waals surface area contributed by atoms with E-state index in [-0.39, 0.29) is 5.75 Å². The summed E-state index contributed by atoms with van der Waals surface area (Å²) < 4.78 is 15.4. The molecule has 1 fully saturated rings. The molecule has 1 aromatic rings. The fourth-order valence-corrected chi connectivity index (χ4v) is 1.81. The number of hydrazone groups is 1. The van der Waals surface area contributed by atoms with E-state index < -0.39 is 0 Å². The molecule has 0 radical (unpaired) electrons. The molecule has 1 N–H and O–H groups in total. The van der Waals surface area contributed by atoms with Crippen LogP contribution in [-0.2, 0) is 4.74 Å². The van der Waals surface area contributed by atoms with Crippen LogP contribution in [0.1, 0.15) is 5.56 Å². The number of ether oxygens (including phenoxy) is 3. The maximum absolute atomic E-state index is 9.81. The van der Waals surface area contributed by atoms with E-state index in [1.165, 1.54) is 14.2 Å². The standard InChI is InChI=1S/C13H18N2O4/c1-17-11-7-10(8-12(18-2)13(11)16)9-14-15-3-5-19-6-4-15/h7-9,16H,3-6H2,1-2H3. The molecule has 0 saturated carbocycles. The zero-order valence-corrected chi connectivity index (χ0v) is 11.1. The maximum atomic E-state index is 9.81. The molecule has 0 unspecified atom stereocenters. The summed E-state index contributed by atoms with van der Waals surface area (Å²) in [5, 5.41) is 16.1. The van der Waals surface area contributed by atoms with Gasteiger partial charge in [-0.1, -0.05) is 0 Å². The lowest BCUT2D eigenvalue weighted by Gasteiger charge is -2.23. The summed E-state index contributed by atoms with van der Waals surface area (Å²) in [4.78, 5) is 0. The van der Waals surface area contributed by atoms with Crippen LogP contribution in [0.2, 0.25) is 0 Å². The van der Waals surface area contributed by atoms with Gasteiger partial charge in [0.25, 0.3) is 0 Å². The van der Waals surface area contributed by atoms with Crippen molar-refractivity contribution in [1.29, 1.82) is 0 Å². The van der Waals surface area contributed by atoms with Crippen LogP contribution in [0.25, 0.3) is 0 Å². The van der Waals surface area contributed by atoms with Gasteiger partial charge in [0, 0.05) is 5.56 Å². The average molecular weight is 266 g/mol. The molecular formula is C13H18N2O4. The molecule has 1 aliphatic heterocycles. The van der Waals surface area contributed by atoms with Crippen LogP contribution in [0.3, 0.4) is 0 Å². The summed E-state index contributed by atoms with van der Waals surface area (Å²) in [5.74, 6) is 0.721. The van der Waals surface area contributed by atoms with Crippen molar-refractivity contribution in [3.8, 4) is 17.2 Å². The molecule has 0 amide bonds. The Morgan fingerprint density at radius 2 is 1.79 bits per heavy atom. The molecule has 0 aliphatic carbocycles. The first kappa shape index (κ1) is 13.5. The Bertz CT molecular complexity index is 431. The van der Waals surface area contributed by atoms with Crippen LogP contribution >= 0.6 is 0 Å². The van der Waals surface area contributed by atoms with E-state index in [9.17, 15) is 5.11 Å². The third kappa shape index (κ3) is 3.29. The van der Waals surface area contributed by atoms with Gasteiger partial charge in [0.2, 0.25) is 5.75 Å². The summed E-state index contributed by atoms with van der Waals surface area (Å²) in [5.41, 5.74) is 0.804. The van der Waals surface area contributed by atoms with Crippen LogP contribution in [0, 0.1) is 0 Å². The number of benzene rings is 1. The van der Waals surface area contributed by atoms with Gasteiger partial charge in [-0.15, -0.1) is 0 Å². The lowest BCUT2D eigenvalue weighted by molar-refractivity contribution is 0.0397. The number of phenolic OH excluding ortho intramolecular Hbond substituents is 1. The number of nitrogens with zero attached hydrogens (tertiary/aromatic N) is 2. The Kier molecular flexibility index (Phi) is 4.46. The smallest absolute Gasteiger partial charge is 0.200 e. The Hall–Kier alpha value is -1.95. The first-order valence-electron chi connectivity index (χ1n) is 6.06. The van der Waals surface area contributed by atoms with Crippen molar-refractivity contribution in [3.63, 3.8) is 0 Å². The molecule has 1 saturated heterocycles. The number of phenols is 1. The average Bonchev–Trinajstić information content (AvgIpc) is 2.47. The van der Waals surface area contributed by atoms with Crippen LogP contribution in [0.5, 0.6) is 17.2 Å². The third-order valence-electron chi connectivity index (χ3n) is 2.86. The second-order valence-electron chi connectivity index (χ2n) is 4.08. The zero-order valence-electron chi connectivity index (χ0n) is 11.1. The Balaban J connectivity index is 2.17. The highest BCUT2D eigenvalue weighted by molar-refractivity contribution is 5.82. The third-order valence-corrected chi connectivity index (χ3v) is 2.86. The highest BCUT2D eigenvalue weighted by atomic mass is 16.5. The SMILES string of the molecule is COc1cc(C=NN2CCOCC2)cc(OC)c1O. The second kappa shape index (κ2) is 6.29. The number of hydrogen-bond donors (Lipinski definition) is 1. The van der Waals surface area contributed by atoms with Gasteiger partial charge in [0.15, 0.2) is 11.5 Å². The second-order valence-corrected chi connectivity index (χ2v) is 4.08. The maximum Gasteiger partial charge on any atom is 0.200 e. The largest absolute Gasteiger partial charge is 0.502 e. The van der Waals surface area contributed by atoms with Crippen molar-refractivity contribution in [2.45, 2.75) is 0 Å². The number of morpholine rings is 1. The predicted molar refractivity (Wildman–Crippen MR) is 71.2 cm³/mol. The van der Waals surface area contributed by atoms with Gasteiger partial charge in [-0.2, -0.15) is 5.10 Å². The highest BCUT2D eigenvalue weighted by Gasteiger charge is 2.11. The molecule has 1 heterocycles. The molecule has 104 valence electrons. The van der Waals surface area contributed by atoms with E-state index >= 15 is 0 Å². The Morgan fingerprint density at radius 3 is 2.32 bits per heavy atom. The van der Waals surface area contributed by atoms with Crippen LogP contribution in [0.15, 0.2) is 17.2 Å². The molecule has 0 aromatic heterocycles. The van der Waals surface area contributed by atoms with Crippen molar-refractivity contribution in [2.75, 3.05) is 40.5 Å². The summed E-state index contributed by atoms with van der Waals surface area (Å²) in [6.07, 6.45) is 1.72. The first-order chi connectivity index (χ1) is 9.24. The van der Waals surface area contributed by atoms with Gasteiger partial charge >= 0.3 is 0 Å². The number of rotatable bonds is 4. The molecule has 1 aromatic carbocycles. The molecule has 0 bridgehead atoms. The lowest BCUT2D eigenvalue weighted by Crippen LogP contribution is -2.32. The van der Waals surface area contributed by atoms with E-state index in [0.29, 0.717) is 24.7 Å². The van der Waals surface area contributed by atoms with Gasteiger partial charge in [-0.3, -0.25) is 5.01 Å². The summed E-state index contributed by atoms with van der Waals surface area (Å²) >= 11 is 0. The summed E-state index contributed by atoms with van der Waals surface area (Å²) in [6, 6.07) is 3.42. The molecule has 6 nitrogen and oxygen atoms in total. The Morgan fingerprint density at radius 1 is 1.21 bits per heavy atom. The van der Waals surface area contributed by atoms with Gasteiger partial charge in [0.1, 0.15) is 0 Å². The van der Waals surface area contributed by atoms with E-state index in [0.717, 1.165) is 18.7 Å². The molecule has 6 heteroatoms. The predicted octanol–water partition coefficient (Wildman–Crippen LogP) is 1.08. The van der Waals surface area contributed by atoms with Crippen molar-refractivity contribution < 1.29 is 19.3 Å². The molecular weight excluding hydrogens is 248 g/mol. The monoisotopic (exact) mass is 266 g/mol. The topological polar surface area (TPSA) is 63.5 Å². The number of methoxy groups -OCH3 is 2. The number of hydrogen-bond acceptors (Lipinski definition) is 6.